The molecule has 3 amide bonds. The molecule has 314 valence electrons. The molecule has 0 bridgehead atoms. The molecule has 0 unspecified atom stereocenters. The summed E-state index contributed by atoms with van der Waals surface area (Å²) in [5.41, 5.74) is 6.46. The summed E-state index contributed by atoms with van der Waals surface area (Å²) >= 11 is 0. The number of aromatic amines is 2. The van der Waals surface area contributed by atoms with E-state index in [1.54, 1.807) is 0 Å². The van der Waals surface area contributed by atoms with E-state index in [9.17, 15) is 14.4 Å². The van der Waals surface area contributed by atoms with Crippen LogP contribution < -0.4 is 5.32 Å². The lowest BCUT2D eigenvalue weighted by molar-refractivity contribution is -0.137. The summed E-state index contributed by atoms with van der Waals surface area (Å²) in [7, 11) is 1.31. The Balaban J connectivity index is 0.00000186. The van der Waals surface area contributed by atoms with Crippen LogP contribution in [0.3, 0.4) is 0 Å². The molecule has 3 aliphatic rings. The van der Waals surface area contributed by atoms with Crippen molar-refractivity contribution in [1.82, 2.24) is 40.0 Å². The molecule has 1 spiro atoms. The van der Waals surface area contributed by atoms with Gasteiger partial charge >= 0.3 is 6.09 Å². The Bertz CT molecular complexity index is 2260. The molecule has 12 nitrogen and oxygen atoms in total. The standard InChI is InChI=1S/C42H50N8O4.4H2S/c1-23(2)25(5)39(51)49-17-7-8-34(49)37-43-21-33(47-37)27-10-13-29-26(18-27)9-12-30(44-29)28-11-14-31-32(19-28)46-38(45-31)35-20-42(15-16-42)22-50(35)40(52)36(24(3)4)48-41(53)54-6;;;;/h9-14,18-19,21,23-25,34-36H,7-8,15-17,20,22H2,1-6H3,(H,43,47)(H,45,46)(H,48,53);4*1H2/t25-,34-,35-,36-;;;;/m0..../s1. The summed E-state index contributed by atoms with van der Waals surface area (Å²) < 4.78 is 4.82. The van der Waals surface area contributed by atoms with Gasteiger partial charge in [-0.3, -0.25) is 9.59 Å². The number of nitrogens with zero attached hydrogens (tertiary/aromatic N) is 5. The van der Waals surface area contributed by atoms with Crippen molar-refractivity contribution in [3.63, 3.8) is 0 Å². The van der Waals surface area contributed by atoms with Crippen molar-refractivity contribution in [3.8, 4) is 22.5 Å². The number of nitrogens with one attached hydrogen (secondary N) is 3. The van der Waals surface area contributed by atoms with Gasteiger partial charge in [0.2, 0.25) is 11.8 Å². The van der Waals surface area contributed by atoms with Crippen molar-refractivity contribution in [2.24, 2.45) is 23.2 Å². The summed E-state index contributed by atoms with van der Waals surface area (Å²) in [5.74, 6) is 1.87. The Labute approximate surface area is 368 Å². The number of pyridine rings is 1. The van der Waals surface area contributed by atoms with Gasteiger partial charge in [0.25, 0.3) is 0 Å². The Morgan fingerprint density at radius 1 is 0.810 bits per heavy atom. The monoisotopic (exact) mass is 866 g/mol. The molecule has 16 heteroatoms. The highest BCUT2D eigenvalue weighted by molar-refractivity contribution is 7.59. The summed E-state index contributed by atoms with van der Waals surface area (Å²) in [6.07, 6.45) is 6.17. The molecule has 3 N–H and O–H groups in total. The van der Waals surface area contributed by atoms with Gasteiger partial charge in [0.1, 0.15) is 17.7 Å². The predicted molar refractivity (Wildman–Crippen MR) is 249 cm³/mol. The number of fused-ring (bicyclic) bond motifs is 2. The van der Waals surface area contributed by atoms with E-state index in [4.69, 9.17) is 19.7 Å². The maximum Gasteiger partial charge on any atom is 0.407 e. The number of imidazole rings is 2. The number of carbonyl (C=O) groups is 3. The Kier molecular flexibility index (Phi) is 15.0. The molecular formula is C42H58N8O4S4. The van der Waals surface area contributed by atoms with E-state index in [0.29, 0.717) is 12.5 Å². The number of ether oxygens (including phenoxy) is 1. The van der Waals surface area contributed by atoms with E-state index in [1.807, 2.05) is 61.0 Å². The zero-order chi connectivity index (χ0) is 37.9. The van der Waals surface area contributed by atoms with Crippen LogP contribution in [0.1, 0.15) is 90.5 Å². The molecule has 2 aliphatic heterocycles. The zero-order valence-electron chi connectivity index (χ0n) is 34.0. The minimum atomic E-state index is -0.685. The van der Waals surface area contributed by atoms with Crippen molar-refractivity contribution in [1.29, 1.82) is 0 Å². The van der Waals surface area contributed by atoms with Crippen molar-refractivity contribution in [2.75, 3.05) is 20.2 Å². The second kappa shape index (κ2) is 18.6. The lowest BCUT2D eigenvalue weighted by Gasteiger charge is -2.30. The molecule has 58 heavy (non-hydrogen) atoms. The van der Waals surface area contributed by atoms with Crippen LogP contribution in [0.15, 0.2) is 54.7 Å². The number of rotatable bonds is 9. The van der Waals surface area contributed by atoms with Crippen LogP contribution in [0, 0.1) is 23.2 Å². The number of alkyl carbamates (subject to hydrolysis) is 1. The summed E-state index contributed by atoms with van der Waals surface area (Å²) in [6, 6.07) is 15.5. The normalized spacial score (nSPS) is 19.0. The van der Waals surface area contributed by atoms with E-state index >= 15 is 0 Å². The molecular weight excluding hydrogens is 809 g/mol. The van der Waals surface area contributed by atoms with E-state index in [2.05, 4.69) is 53.4 Å². The van der Waals surface area contributed by atoms with Gasteiger partial charge in [0.15, 0.2) is 0 Å². The number of benzene rings is 2. The average Bonchev–Trinajstić information content (AvgIpc) is 3.66. The highest BCUT2D eigenvalue weighted by Gasteiger charge is 2.55. The molecule has 5 aromatic rings. The fraction of sp³-hybridized carbons (Fsp3) is 0.476. The second-order valence-electron chi connectivity index (χ2n) is 16.4. The van der Waals surface area contributed by atoms with Gasteiger partial charge in [0, 0.05) is 35.5 Å². The molecule has 1 saturated carbocycles. The van der Waals surface area contributed by atoms with Gasteiger partial charge < -0.3 is 29.8 Å². The molecule has 2 aromatic carbocycles. The maximum atomic E-state index is 13.9. The maximum absolute atomic E-state index is 13.9. The van der Waals surface area contributed by atoms with Crippen LogP contribution in [0.2, 0.25) is 0 Å². The summed E-state index contributed by atoms with van der Waals surface area (Å²) in [5, 5.41) is 3.77. The van der Waals surface area contributed by atoms with Crippen LogP contribution >= 0.6 is 54.0 Å². The number of aromatic nitrogens is 5. The second-order valence-corrected chi connectivity index (χ2v) is 16.4. The fourth-order valence-corrected chi connectivity index (χ4v) is 8.26. The molecule has 3 fully saturated rings. The van der Waals surface area contributed by atoms with Crippen LogP contribution in [0.5, 0.6) is 0 Å². The zero-order valence-corrected chi connectivity index (χ0v) is 38.0. The lowest BCUT2D eigenvalue weighted by atomic mass is 9.96. The van der Waals surface area contributed by atoms with E-state index in [0.717, 1.165) is 94.7 Å². The highest BCUT2D eigenvalue weighted by Crippen LogP contribution is 2.58. The van der Waals surface area contributed by atoms with E-state index < -0.39 is 12.1 Å². The van der Waals surface area contributed by atoms with Crippen molar-refractivity contribution in [3.05, 3.63) is 66.4 Å². The largest absolute Gasteiger partial charge is 0.453 e. The third-order valence-electron chi connectivity index (χ3n) is 12.1. The smallest absolute Gasteiger partial charge is 0.407 e. The summed E-state index contributed by atoms with van der Waals surface area (Å²) in [4.78, 5) is 65.0. The van der Waals surface area contributed by atoms with Crippen LogP contribution in [-0.2, 0) is 14.3 Å². The fourth-order valence-electron chi connectivity index (χ4n) is 8.26. The number of carbonyl (C=O) groups excluding carboxylic acids is 3. The summed E-state index contributed by atoms with van der Waals surface area (Å²) in [6.45, 7) is 11.5. The van der Waals surface area contributed by atoms with Gasteiger partial charge in [-0.25, -0.2) is 19.7 Å². The van der Waals surface area contributed by atoms with Crippen LogP contribution in [-0.4, -0.2) is 78.9 Å². The number of H-pyrrole nitrogens is 2. The number of hydrogen-bond donors (Lipinski definition) is 3. The average molecular weight is 867 g/mol. The predicted octanol–water partition coefficient (Wildman–Crippen LogP) is 8.01. The number of amides is 3. The molecule has 4 atom stereocenters. The van der Waals surface area contributed by atoms with Crippen molar-refractivity contribution < 1.29 is 19.1 Å². The first-order valence-corrected chi connectivity index (χ1v) is 19.3. The topological polar surface area (TPSA) is 149 Å². The molecule has 1 aliphatic carbocycles. The van der Waals surface area contributed by atoms with Gasteiger partial charge in [-0.1, -0.05) is 52.8 Å². The van der Waals surface area contributed by atoms with Crippen LogP contribution in [0.4, 0.5) is 4.79 Å². The molecule has 3 aromatic heterocycles. The highest BCUT2D eigenvalue weighted by atomic mass is 32.1. The Hall–Kier alpha value is -3.86. The van der Waals surface area contributed by atoms with Crippen LogP contribution in [0.25, 0.3) is 44.5 Å². The Morgan fingerprint density at radius 2 is 1.53 bits per heavy atom. The minimum Gasteiger partial charge on any atom is -0.453 e. The molecule has 8 rings (SSSR count). The molecule has 5 heterocycles. The first-order valence-electron chi connectivity index (χ1n) is 19.3. The first-order chi connectivity index (χ1) is 25.9. The first kappa shape index (κ1) is 46.8. The van der Waals surface area contributed by atoms with E-state index in [1.165, 1.54) is 7.11 Å². The van der Waals surface area contributed by atoms with Crippen molar-refractivity contribution >= 4 is 93.8 Å². The number of methoxy groups -OCH3 is 1. The number of likely N-dealkylation sites (tertiary alicyclic amines) is 2. The Morgan fingerprint density at radius 3 is 2.22 bits per heavy atom. The van der Waals surface area contributed by atoms with Crippen molar-refractivity contribution in [2.45, 2.75) is 84.8 Å². The number of hydrogen-bond acceptors (Lipinski definition) is 7. The molecule has 2 saturated heterocycles. The quantitative estimate of drug-likeness (QED) is 0.136. The van der Waals surface area contributed by atoms with Gasteiger partial charge in [0.05, 0.1) is 53.3 Å². The lowest BCUT2D eigenvalue weighted by Crippen LogP contribution is -2.51. The third kappa shape index (κ3) is 8.99. The van der Waals surface area contributed by atoms with E-state index in [-0.39, 0.29) is 95.1 Å². The minimum absolute atomic E-state index is 0. The SMILES string of the molecule is COC(=O)N[C@H](C(=O)N1CC2(CC2)C[C@H]1c1nc2ccc(-c3ccc4cc(-c5cnc([C@@H]6CCCN6C(=O)[C@@H](C)C(C)C)[nH]5)ccc4n3)cc2[nH]1)C(C)C.S.S.S.S. The van der Waals surface area contributed by atoms with Gasteiger partial charge in [-0.05, 0) is 79.7 Å². The van der Waals surface area contributed by atoms with Gasteiger partial charge in [-0.2, -0.15) is 54.0 Å². The third-order valence-corrected chi connectivity index (χ3v) is 12.1. The molecule has 0 radical (unpaired) electrons. The van der Waals surface area contributed by atoms with Gasteiger partial charge in [-0.15, -0.1) is 0 Å².